The van der Waals surface area contributed by atoms with Crippen molar-refractivity contribution in [3.8, 4) is 17.2 Å². The average Bonchev–Trinajstić information content (AvgIpc) is 3.22. The Morgan fingerprint density at radius 1 is 0.973 bits per heavy atom. The number of carbonyl (C=O) groups is 2. The van der Waals surface area contributed by atoms with Crippen molar-refractivity contribution < 1.29 is 23.8 Å². The summed E-state index contributed by atoms with van der Waals surface area (Å²) < 4.78 is 18.6. The fraction of sp³-hybridized carbons (Fsp3) is 0.267. The number of rotatable bonds is 7. The molecule has 3 aromatic carbocycles. The monoisotopic (exact) mass is 498 g/mol. The van der Waals surface area contributed by atoms with Gasteiger partial charge in [0.05, 0.1) is 24.8 Å². The number of anilines is 1. The summed E-state index contributed by atoms with van der Waals surface area (Å²) in [4.78, 5) is 27.8. The number of benzene rings is 3. The molecule has 0 aliphatic carbocycles. The van der Waals surface area contributed by atoms with Crippen molar-refractivity contribution in [2.24, 2.45) is 0 Å². The van der Waals surface area contributed by atoms with Gasteiger partial charge in [-0.15, -0.1) is 0 Å². The zero-order valence-electron chi connectivity index (χ0n) is 21.3. The van der Waals surface area contributed by atoms with Crippen LogP contribution in [0.3, 0.4) is 0 Å². The average molecular weight is 499 g/mol. The number of nitrogens with zero attached hydrogens (tertiary/aromatic N) is 2. The van der Waals surface area contributed by atoms with Gasteiger partial charge in [0.1, 0.15) is 11.5 Å². The molecular formula is C30H30N2O5. The third-order valence-electron chi connectivity index (χ3n) is 6.76. The van der Waals surface area contributed by atoms with E-state index in [4.69, 9.17) is 14.2 Å². The minimum absolute atomic E-state index is 0.0905. The Bertz CT molecular complexity index is 1460. The van der Waals surface area contributed by atoms with Crippen molar-refractivity contribution in [1.29, 1.82) is 0 Å². The minimum Gasteiger partial charge on any atom is -0.497 e. The van der Waals surface area contributed by atoms with Crippen LogP contribution in [0.5, 0.6) is 11.5 Å². The smallest absolute Gasteiger partial charge is 0.340 e. The fourth-order valence-corrected chi connectivity index (χ4v) is 5.03. The van der Waals surface area contributed by atoms with E-state index in [1.807, 2.05) is 72.2 Å². The molecule has 1 aliphatic rings. The molecule has 0 saturated carbocycles. The van der Waals surface area contributed by atoms with E-state index >= 15 is 0 Å². The highest BCUT2D eigenvalue weighted by Crippen LogP contribution is 2.33. The summed E-state index contributed by atoms with van der Waals surface area (Å²) in [5, 5.41) is 0.708. The number of hydrogen-bond donors (Lipinski definition) is 0. The first-order chi connectivity index (χ1) is 18.0. The van der Waals surface area contributed by atoms with E-state index in [0.717, 1.165) is 41.2 Å². The molecule has 0 unspecified atom stereocenters. The van der Waals surface area contributed by atoms with Crippen molar-refractivity contribution >= 4 is 28.5 Å². The molecule has 0 bridgehead atoms. The van der Waals surface area contributed by atoms with Crippen molar-refractivity contribution in [2.45, 2.75) is 26.7 Å². The number of hydrogen-bond acceptors (Lipinski definition) is 5. The van der Waals surface area contributed by atoms with Crippen molar-refractivity contribution in [1.82, 2.24) is 4.57 Å². The molecule has 1 aliphatic heterocycles. The topological polar surface area (TPSA) is 70.0 Å². The Balaban J connectivity index is 1.46. The third-order valence-corrected chi connectivity index (χ3v) is 6.76. The molecule has 1 amide bonds. The first-order valence-electron chi connectivity index (χ1n) is 12.5. The van der Waals surface area contributed by atoms with Crippen LogP contribution < -0.4 is 14.4 Å². The zero-order chi connectivity index (χ0) is 25.9. The maximum absolute atomic E-state index is 13.1. The summed E-state index contributed by atoms with van der Waals surface area (Å²) in [6.07, 6.45) is 1.90. The first-order valence-corrected chi connectivity index (χ1v) is 12.5. The van der Waals surface area contributed by atoms with Crippen LogP contribution >= 0.6 is 0 Å². The molecule has 37 heavy (non-hydrogen) atoms. The summed E-state index contributed by atoms with van der Waals surface area (Å²) in [7, 11) is 1.63. The van der Waals surface area contributed by atoms with Crippen LogP contribution in [0.15, 0.2) is 66.7 Å². The van der Waals surface area contributed by atoms with E-state index in [9.17, 15) is 9.59 Å². The molecule has 190 valence electrons. The number of fused-ring (bicyclic) bond motifs is 2. The van der Waals surface area contributed by atoms with Crippen molar-refractivity contribution in [3.63, 3.8) is 0 Å². The molecule has 1 aromatic heterocycles. The van der Waals surface area contributed by atoms with Crippen LogP contribution in [-0.2, 0) is 16.0 Å². The Hall–Kier alpha value is -4.26. The zero-order valence-corrected chi connectivity index (χ0v) is 21.3. The molecule has 0 fully saturated rings. The van der Waals surface area contributed by atoms with Gasteiger partial charge >= 0.3 is 5.97 Å². The summed E-state index contributed by atoms with van der Waals surface area (Å²) in [5.74, 6) is 0.781. The molecule has 2 heterocycles. The number of para-hydroxylation sites is 1. The Labute approximate surface area is 216 Å². The SMILES string of the molecule is CCOC(=O)c1c(C)n(-c2ccc(OC)cc2)c2ccc(OCC(=O)N3CCCc4ccccc43)cc12. The summed E-state index contributed by atoms with van der Waals surface area (Å²) >= 11 is 0. The molecule has 0 N–H and O–H groups in total. The lowest BCUT2D eigenvalue weighted by Crippen LogP contribution is -2.38. The highest BCUT2D eigenvalue weighted by atomic mass is 16.5. The molecule has 0 spiro atoms. The molecule has 7 nitrogen and oxygen atoms in total. The Morgan fingerprint density at radius 2 is 1.73 bits per heavy atom. The van der Waals surface area contributed by atoms with Crippen LogP contribution in [0.2, 0.25) is 0 Å². The molecule has 0 radical (unpaired) electrons. The summed E-state index contributed by atoms with van der Waals surface area (Å²) in [6, 6.07) is 21.2. The lowest BCUT2D eigenvalue weighted by molar-refractivity contribution is -0.120. The van der Waals surface area contributed by atoms with Crippen LogP contribution in [0.25, 0.3) is 16.6 Å². The maximum atomic E-state index is 13.1. The molecule has 5 rings (SSSR count). The highest BCUT2D eigenvalue weighted by molar-refractivity contribution is 6.07. The Kier molecular flexibility index (Phi) is 6.86. The van der Waals surface area contributed by atoms with Crippen LogP contribution in [0.4, 0.5) is 5.69 Å². The summed E-state index contributed by atoms with van der Waals surface area (Å²) in [6.45, 7) is 4.54. The lowest BCUT2D eigenvalue weighted by Gasteiger charge is -2.29. The number of carbonyl (C=O) groups excluding carboxylic acids is 2. The number of aromatic nitrogens is 1. The number of ether oxygens (including phenoxy) is 3. The molecule has 4 aromatic rings. The predicted octanol–water partition coefficient (Wildman–Crippen LogP) is 5.48. The number of esters is 1. The third kappa shape index (κ3) is 4.65. The quantitative estimate of drug-likeness (QED) is 0.316. The van der Waals surface area contributed by atoms with E-state index in [0.29, 0.717) is 23.2 Å². The second-order valence-corrected chi connectivity index (χ2v) is 8.96. The second-order valence-electron chi connectivity index (χ2n) is 8.96. The van der Waals surface area contributed by atoms with Gasteiger partial charge in [0.15, 0.2) is 6.61 Å². The van der Waals surface area contributed by atoms with Crippen molar-refractivity contribution in [3.05, 3.63) is 83.6 Å². The molecular weight excluding hydrogens is 468 g/mol. The van der Waals surface area contributed by atoms with Crippen LogP contribution in [0, 0.1) is 6.92 Å². The van der Waals surface area contributed by atoms with Gasteiger partial charge in [0.2, 0.25) is 0 Å². The van der Waals surface area contributed by atoms with Gasteiger partial charge in [-0.1, -0.05) is 18.2 Å². The van der Waals surface area contributed by atoms with Gasteiger partial charge < -0.3 is 23.7 Å². The largest absolute Gasteiger partial charge is 0.497 e. The normalized spacial score (nSPS) is 12.8. The number of amides is 1. The highest BCUT2D eigenvalue weighted by Gasteiger charge is 2.24. The predicted molar refractivity (Wildman–Crippen MR) is 143 cm³/mol. The standard InChI is InChI=1S/C30H30N2O5/c1-4-36-30(34)29-20(2)32(22-11-13-23(35-3)14-12-22)27-16-15-24(18-25(27)29)37-19-28(33)31-17-7-9-21-8-5-6-10-26(21)31/h5-6,8,10-16,18H,4,7,9,17,19H2,1-3H3. The van der Waals surface area contributed by atoms with Crippen molar-refractivity contribution in [2.75, 3.05) is 31.8 Å². The maximum Gasteiger partial charge on any atom is 0.340 e. The molecule has 7 heteroatoms. The van der Waals surface area contributed by atoms with Gasteiger partial charge in [-0.3, -0.25) is 4.79 Å². The number of aryl methyl sites for hydroxylation is 1. The van der Waals surface area contributed by atoms with E-state index < -0.39 is 5.97 Å². The minimum atomic E-state index is -0.393. The van der Waals surface area contributed by atoms with Gasteiger partial charge in [-0.25, -0.2) is 4.79 Å². The Morgan fingerprint density at radius 3 is 2.49 bits per heavy atom. The second kappa shape index (κ2) is 10.4. The van der Waals surface area contributed by atoms with E-state index in [1.165, 1.54) is 5.56 Å². The number of methoxy groups -OCH3 is 1. The van der Waals surface area contributed by atoms with Crippen LogP contribution in [0.1, 0.15) is 35.0 Å². The van der Waals surface area contributed by atoms with E-state index in [-0.39, 0.29) is 19.1 Å². The van der Waals surface area contributed by atoms with E-state index in [2.05, 4.69) is 6.07 Å². The molecule has 0 saturated heterocycles. The lowest BCUT2D eigenvalue weighted by atomic mass is 10.0. The van der Waals surface area contributed by atoms with E-state index in [1.54, 1.807) is 18.9 Å². The summed E-state index contributed by atoms with van der Waals surface area (Å²) in [5.41, 5.74) is 5.11. The molecule has 0 atom stereocenters. The van der Waals surface area contributed by atoms with Gasteiger partial charge in [0, 0.05) is 29.0 Å². The van der Waals surface area contributed by atoms with Gasteiger partial charge in [0.25, 0.3) is 5.91 Å². The van der Waals surface area contributed by atoms with Gasteiger partial charge in [-0.05, 0) is 80.8 Å². The fourth-order valence-electron chi connectivity index (χ4n) is 5.03. The van der Waals surface area contributed by atoms with Gasteiger partial charge in [-0.2, -0.15) is 0 Å². The van der Waals surface area contributed by atoms with Crippen LogP contribution in [-0.4, -0.2) is 43.3 Å². The first kappa shape index (κ1) is 24.4.